The van der Waals surface area contributed by atoms with Gasteiger partial charge in [0.1, 0.15) is 11.5 Å². The lowest BCUT2D eigenvalue weighted by Crippen LogP contribution is -2.48. The summed E-state index contributed by atoms with van der Waals surface area (Å²) in [5, 5.41) is 9.53. The standard InChI is InChI=1S/C29H34N6O5/c1-18-23-17-31-24(32-28(23)35(21-5-3-4-6-21)29(40)27(18)19(2)36)15-20-7-8-22(16-30-20)33-11-13-34(14-12-33)25(37)9-10-26(38)39/h7-8,16-17,21H,3-6,9-15H2,1-2H3,(H,38,39). The van der Waals surface area contributed by atoms with Gasteiger partial charge in [0.25, 0.3) is 5.56 Å². The minimum atomic E-state index is -0.965. The number of Topliss-reactive ketones (excluding diaryl/α,β-unsaturated/α-hetero) is 1. The number of carboxylic acids is 1. The zero-order valence-electron chi connectivity index (χ0n) is 22.9. The van der Waals surface area contributed by atoms with Crippen LogP contribution in [0.5, 0.6) is 0 Å². The number of carbonyl (C=O) groups excluding carboxylic acids is 2. The third-order valence-corrected chi connectivity index (χ3v) is 8.00. The Morgan fingerprint density at radius 3 is 2.35 bits per heavy atom. The molecule has 40 heavy (non-hydrogen) atoms. The molecule has 11 heteroatoms. The zero-order chi connectivity index (χ0) is 28.4. The van der Waals surface area contributed by atoms with Crippen LogP contribution in [0.4, 0.5) is 5.69 Å². The van der Waals surface area contributed by atoms with Crippen molar-refractivity contribution in [3.8, 4) is 0 Å². The molecule has 0 unspecified atom stereocenters. The fourth-order valence-electron chi connectivity index (χ4n) is 5.83. The van der Waals surface area contributed by atoms with E-state index < -0.39 is 5.97 Å². The van der Waals surface area contributed by atoms with Crippen LogP contribution in [-0.4, -0.2) is 73.4 Å². The first-order valence-corrected chi connectivity index (χ1v) is 13.8. The number of carbonyl (C=O) groups is 3. The largest absolute Gasteiger partial charge is 0.481 e. The van der Waals surface area contributed by atoms with Crippen molar-refractivity contribution in [3.63, 3.8) is 0 Å². The number of aryl methyl sites for hydroxylation is 1. The van der Waals surface area contributed by atoms with Crippen molar-refractivity contribution in [2.45, 2.75) is 64.8 Å². The van der Waals surface area contributed by atoms with Gasteiger partial charge >= 0.3 is 5.97 Å². The summed E-state index contributed by atoms with van der Waals surface area (Å²) in [5.74, 6) is -0.775. The summed E-state index contributed by atoms with van der Waals surface area (Å²) in [4.78, 5) is 66.6. The maximum Gasteiger partial charge on any atom is 0.303 e. The number of hydrogen-bond acceptors (Lipinski definition) is 8. The average Bonchev–Trinajstić information content (AvgIpc) is 3.46. The van der Waals surface area contributed by atoms with E-state index in [4.69, 9.17) is 10.1 Å². The van der Waals surface area contributed by atoms with Crippen LogP contribution < -0.4 is 10.5 Å². The second kappa shape index (κ2) is 11.5. The lowest BCUT2D eigenvalue weighted by atomic mass is 10.0. The third-order valence-electron chi connectivity index (χ3n) is 8.00. The van der Waals surface area contributed by atoms with Crippen molar-refractivity contribution in [1.29, 1.82) is 0 Å². The first kappa shape index (κ1) is 27.4. The van der Waals surface area contributed by atoms with E-state index in [1.165, 1.54) is 6.92 Å². The molecule has 0 aromatic carbocycles. The fourth-order valence-corrected chi connectivity index (χ4v) is 5.83. The molecule has 1 amide bonds. The number of carboxylic acid groups (broad SMARTS) is 1. The van der Waals surface area contributed by atoms with Gasteiger partial charge in [-0.15, -0.1) is 0 Å². The molecule has 5 rings (SSSR count). The van der Waals surface area contributed by atoms with Gasteiger partial charge in [-0.2, -0.15) is 0 Å². The Labute approximate surface area is 231 Å². The van der Waals surface area contributed by atoms with E-state index in [1.54, 1.807) is 28.8 Å². The zero-order valence-corrected chi connectivity index (χ0v) is 22.9. The summed E-state index contributed by atoms with van der Waals surface area (Å²) in [7, 11) is 0. The Kier molecular flexibility index (Phi) is 7.90. The van der Waals surface area contributed by atoms with Crippen molar-refractivity contribution >= 4 is 34.4 Å². The van der Waals surface area contributed by atoms with E-state index in [2.05, 4.69) is 14.9 Å². The highest BCUT2D eigenvalue weighted by Crippen LogP contribution is 2.31. The number of amides is 1. The highest BCUT2D eigenvalue weighted by molar-refractivity contribution is 5.99. The number of ketones is 1. The van der Waals surface area contributed by atoms with Crippen LogP contribution in [0, 0.1) is 6.92 Å². The SMILES string of the molecule is CC(=O)c1c(C)c2cnc(Cc3ccc(N4CCN(C(=O)CCC(=O)O)CC4)cn3)nc2n(C2CCCC2)c1=O. The molecule has 0 atom stereocenters. The Morgan fingerprint density at radius 2 is 1.73 bits per heavy atom. The molecule has 1 saturated carbocycles. The molecule has 3 aromatic heterocycles. The summed E-state index contributed by atoms with van der Waals surface area (Å²) in [5.41, 5.74) is 2.90. The number of nitrogens with zero attached hydrogens (tertiary/aromatic N) is 6. The maximum atomic E-state index is 13.4. The predicted molar refractivity (Wildman–Crippen MR) is 149 cm³/mol. The minimum absolute atomic E-state index is 0.0245. The number of anilines is 1. The molecular formula is C29H34N6O5. The molecule has 1 aliphatic carbocycles. The number of aromatic nitrogens is 4. The van der Waals surface area contributed by atoms with E-state index in [1.807, 2.05) is 12.1 Å². The van der Waals surface area contributed by atoms with Crippen LogP contribution in [-0.2, 0) is 16.0 Å². The van der Waals surface area contributed by atoms with Crippen LogP contribution >= 0.6 is 0 Å². The molecule has 2 aliphatic rings. The maximum absolute atomic E-state index is 13.4. The molecule has 1 saturated heterocycles. The predicted octanol–water partition coefficient (Wildman–Crippen LogP) is 2.92. The van der Waals surface area contributed by atoms with Crippen molar-refractivity contribution in [3.05, 3.63) is 57.5 Å². The first-order valence-electron chi connectivity index (χ1n) is 13.8. The lowest BCUT2D eigenvalue weighted by molar-refractivity contribution is -0.141. The Balaban J connectivity index is 1.32. The van der Waals surface area contributed by atoms with Gasteiger partial charge in [0, 0.05) is 55.9 Å². The Bertz CT molecular complexity index is 1500. The van der Waals surface area contributed by atoms with Crippen LogP contribution in [0.3, 0.4) is 0 Å². The van der Waals surface area contributed by atoms with Crippen LogP contribution in [0.1, 0.15) is 78.9 Å². The molecule has 210 valence electrons. The summed E-state index contributed by atoms with van der Waals surface area (Å²) in [6.45, 7) is 5.59. The van der Waals surface area contributed by atoms with E-state index >= 15 is 0 Å². The topological polar surface area (TPSA) is 139 Å². The molecule has 1 aliphatic heterocycles. The van der Waals surface area contributed by atoms with Gasteiger partial charge in [-0.05, 0) is 44.4 Å². The monoisotopic (exact) mass is 546 g/mol. The van der Waals surface area contributed by atoms with Crippen LogP contribution in [0.15, 0.2) is 29.3 Å². The molecule has 0 bridgehead atoms. The highest BCUT2D eigenvalue weighted by atomic mass is 16.4. The van der Waals surface area contributed by atoms with Gasteiger partial charge in [0.15, 0.2) is 5.78 Å². The Morgan fingerprint density at radius 1 is 1.00 bits per heavy atom. The van der Waals surface area contributed by atoms with Gasteiger partial charge in [0.2, 0.25) is 5.91 Å². The summed E-state index contributed by atoms with van der Waals surface area (Å²) in [6.07, 6.45) is 7.67. The Hall–Kier alpha value is -4.15. The van der Waals surface area contributed by atoms with E-state index in [9.17, 15) is 19.2 Å². The van der Waals surface area contributed by atoms with Gasteiger partial charge < -0.3 is 14.9 Å². The molecule has 4 heterocycles. The highest BCUT2D eigenvalue weighted by Gasteiger charge is 2.26. The number of aliphatic carboxylic acids is 1. The van der Waals surface area contributed by atoms with E-state index in [0.29, 0.717) is 49.6 Å². The fraction of sp³-hybridized carbons (Fsp3) is 0.483. The van der Waals surface area contributed by atoms with Crippen molar-refractivity contribution < 1.29 is 19.5 Å². The number of pyridine rings is 2. The summed E-state index contributed by atoms with van der Waals surface area (Å²) < 4.78 is 1.72. The lowest BCUT2D eigenvalue weighted by Gasteiger charge is -2.36. The molecule has 0 spiro atoms. The summed E-state index contributed by atoms with van der Waals surface area (Å²) >= 11 is 0. The molecule has 3 aromatic rings. The van der Waals surface area contributed by atoms with Crippen molar-refractivity contribution in [1.82, 2.24) is 24.4 Å². The van der Waals surface area contributed by atoms with E-state index in [-0.39, 0.29) is 41.7 Å². The van der Waals surface area contributed by atoms with Crippen LogP contribution in [0.25, 0.3) is 11.0 Å². The summed E-state index contributed by atoms with van der Waals surface area (Å²) in [6, 6.07) is 3.95. The van der Waals surface area contributed by atoms with Crippen LogP contribution in [0.2, 0.25) is 0 Å². The molecule has 0 radical (unpaired) electrons. The number of rotatable bonds is 8. The van der Waals surface area contributed by atoms with Crippen molar-refractivity contribution in [2.75, 3.05) is 31.1 Å². The van der Waals surface area contributed by atoms with Crippen molar-refractivity contribution in [2.24, 2.45) is 0 Å². The minimum Gasteiger partial charge on any atom is -0.481 e. The molecule has 11 nitrogen and oxygen atoms in total. The number of piperazine rings is 1. The van der Waals surface area contributed by atoms with Gasteiger partial charge in [0.05, 0.1) is 30.3 Å². The first-order chi connectivity index (χ1) is 19.2. The van der Waals surface area contributed by atoms with Gasteiger partial charge in [-0.25, -0.2) is 9.97 Å². The molecule has 2 fully saturated rings. The van der Waals surface area contributed by atoms with E-state index in [0.717, 1.165) is 42.5 Å². The smallest absolute Gasteiger partial charge is 0.303 e. The van der Waals surface area contributed by atoms with Gasteiger partial charge in [-0.3, -0.25) is 28.7 Å². The normalized spacial score (nSPS) is 16.1. The average molecular weight is 547 g/mol. The molecular weight excluding hydrogens is 512 g/mol. The van der Waals surface area contributed by atoms with Gasteiger partial charge in [-0.1, -0.05) is 12.8 Å². The third kappa shape index (κ3) is 5.59. The second-order valence-corrected chi connectivity index (χ2v) is 10.6. The second-order valence-electron chi connectivity index (χ2n) is 10.6. The quantitative estimate of drug-likeness (QED) is 0.423. The number of hydrogen-bond donors (Lipinski definition) is 1. The number of fused-ring (bicyclic) bond motifs is 1. The molecule has 1 N–H and O–H groups in total.